The predicted octanol–water partition coefficient (Wildman–Crippen LogP) is 2.74. The third-order valence-corrected chi connectivity index (χ3v) is 4.83. The summed E-state index contributed by atoms with van der Waals surface area (Å²) < 4.78 is 1.01. The number of anilines is 1. The summed E-state index contributed by atoms with van der Waals surface area (Å²) in [6, 6.07) is 2.04. The summed E-state index contributed by atoms with van der Waals surface area (Å²) in [5.74, 6) is 1.06. The lowest BCUT2D eigenvalue weighted by Crippen LogP contribution is -2.49. The second-order valence-electron chi connectivity index (χ2n) is 5.65. The molecule has 1 aromatic rings. The number of aromatic nitrogens is 2. The molecule has 0 saturated carbocycles. The van der Waals surface area contributed by atoms with Crippen molar-refractivity contribution in [3.8, 4) is 0 Å². The molecule has 5 heteroatoms. The van der Waals surface area contributed by atoms with Crippen LogP contribution < -0.4 is 10.2 Å². The van der Waals surface area contributed by atoms with Crippen LogP contribution in [0, 0.1) is 0 Å². The fraction of sp³-hybridized carbons (Fsp3) is 0.714. The van der Waals surface area contributed by atoms with E-state index in [-0.39, 0.29) is 0 Å². The molecule has 1 N–H and O–H groups in total. The van der Waals surface area contributed by atoms with E-state index in [2.05, 4.69) is 43.0 Å². The van der Waals surface area contributed by atoms with Gasteiger partial charge in [0.05, 0.1) is 4.47 Å². The van der Waals surface area contributed by atoms with Gasteiger partial charge in [0.2, 0.25) is 0 Å². The van der Waals surface area contributed by atoms with Gasteiger partial charge in [-0.15, -0.1) is 0 Å². The lowest BCUT2D eigenvalue weighted by molar-refractivity contribution is 0.345. The number of piperidine rings is 1. The molecule has 0 amide bonds. The molecule has 3 rings (SSSR count). The van der Waals surface area contributed by atoms with Gasteiger partial charge in [0.25, 0.3) is 0 Å². The molecule has 2 atom stereocenters. The first-order chi connectivity index (χ1) is 9.28. The summed E-state index contributed by atoms with van der Waals surface area (Å²) >= 11 is 3.60. The summed E-state index contributed by atoms with van der Waals surface area (Å²) in [6.45, 7) is 3.30. The number of nitrogens with one attached hydrogen (secondary N) is 1. The first-order valence-electron chi connectivity index (χ1n) is 7.26. The SMILES string of the molecule is CCCN(c1ncncc1Br)C1CC2CCC(C1)N2. The maximum absolute atomic E-state index is 4.49. The van der Waals surface area contributed by atoms with E-state index in [9.17, 15) is 0 Å². The highest BCUT2D eigenvalue weighted by Gasteiger charge is 2.36. The van der Waals surface area contributed by atoms with Gasteiger partial charge in [0.1, 0.15) is 12.1 Å². The molecule has 2 aliphatic heterocycles. The maximum Gasteiger partial charge on any atom is 0.146 e. The topological polar surface area (TPSA) is 41.1 Å². The van der Waals surface area contributed by atoms with E-state index in [0.717, 1.165) is 23.3 Å². The zero-order valence-corrected chi connectivity index (χ0v) is 12.9. The van der Waals surface area contributed by atoms with Crippen LogP contribution in [0.4, 0.5) is 5.82 Å². The van der Waals surface area contributed by atoms with E-state index in [1.54, 1.807) is 6.33 Å². The fourth-order valence-electron chi connectivity index (χ4n) is 3.50. The van der Waals surface area contributed by atoms with Crippen LogP contribution in [0.3, 0.4) is 0 Å². The average Bonchev–Trinajstić information content (AvgIpc) is 2.76. The molecule has 3 heterocycles. The van der Waals surface area contributed by atoms with E-state index >= 15 is 0 Å². The molecule has 1 aromatic heterocycles. The molecule has 0 aromatic carbocycles. The van der Waals surface area contributed by atoms with Crippen molar-refractivity contribution in [1.29, 1.82) is 0 Å². The third-order valence-electron chi connectivity index (χ3n) is 4.27. The summed E-state index contributed by atoms with van der Waals surface area (Å²) in [5, 5.41) is 3.71. The number of halogens is 1. The zero-order chi connectivity index (χ0) is 13.2. The Morgan fingerprint density at radius 3 is 2.74 bits per heavy atom. The Kier molecular flexibility index (Phi) is 4.03. The highest BCUT2D eigenvalue weighted by molar-refractivity contribution is 9.10. The van der Waals surface area contributed by atoms with E-state index in [1.165, 1.54) is 25.7 Å². The monoisotopic (exact) mass is 324 g/mol. The van der Waals surface area contributed by atoms with Crippen LogP contribution in [-0.2, 0) is 0 Å². The summed E-state index contributed by atoms with van der Waals surface area (Å²) in [7, 11) is 0. The molecule has 2 bridgehead atoms. The summed E-state index contributed by atoms with van der Waals surface area (Å²) in [6.07, 6.45) is 9.81. The van der Waals surface area contributed by atoms with Crippen molar-refractivity contribution in [2.45, 2.75) is 57.2 Å². The molecule has 2 saturated heterocycles. The van der Waals surface area contributed by atoms with Crippen molar-refractivity contribution in [2.24, 2.45) is 0 Å². The van der Waals surface area contributed by atoms with Crippen LogP contribution in [0.1, 0.15) is 39.0 Å². The van der Waals surface area contributed by atoms with Gasteiger partial charge < -0.3 is 10.2 Å². The van der Waals surface area contributed by atoms with Gasteiger partial charge in [-0.25, -0.2) is 9.97 Å². The van der Waals surface area contributed by atoms with E-state index in [0.29, 0.717) is 18.1 Å². The van der Waals surface area contributed by atoms with Crippen LogP contribution in [0.5, 0.6) is 0 Å². The summed E-state index contributed by atoms with van der Waals surface area (Å²) in [5.41, 5.74) is 0. The third kappa shape index (κ3) is 2.77. The predicted molar refractivity (Wildman–Crippen MR) is 80.3 cm³/mol. The average molecular weight is 325 g/mol. The highest BCUT2D eigenvalue weighted by atomic mass is 79.9. The second kappa shape index (κ2) is 5.75. The van der Waals surface area contributed by atoms with Crippen LogP contribution >= 0.6 is 15.9 Å². The number of hydrogen-bond acceptors (Lipinski definition) is 4. The molecule has 2 unspecified atom stereocenters. The molecule has 0 spiro atoms. The van der Waals surface area contributed by atoms with Crippen LogP contribution in [0.15, 0.2) is 17.0 Å². The first-order valence-corrected chi connectivity index (χ1v) is 8.05. The van der Waals surface area contributed by atoms with Gasteiger partial charge in [0.15, 0.2) is 0 Å². The zero-order valence-electron chi connectivity index (χ0n) is 11.3. The fourth-order valence-corrected chi connectivity index (χ4v) is 3.95. The number of nitrogens with zero attached hydrogens (tertiary/aromatic N) is 3. The minimum Gasteiger partial charge on any atom is -0.352 e. The highest BCUT2D eigenvalue weighted by Crippen LogP contribution is 2.33. The molecular formula is C14H21BrN4. The molecule has 0 radical (unpaired) electrons. The maximum atomic E-state index is 4.49. The van der Waals surface area contributed by atoms with Crippen LogP contribution in [0.25, 0.3) is 0 Å². The van der Waals surface area contributed by atoms with Gasteiger partial charge >= 0.3 is 0 Å². The normalized spacial score (nSPS) is 29.5. The van der Waals surface area contributed by atoms with Gasteiger partial charge in [-0.05, 0) is 48.0 Å². The van der Waals surface area contributed by atoms with E-state index in [1.807, 2.05) is 6.20 Å². The lowest BCUT2D eigenvalue weighted by Gasteiger charge is -2.38. The van der Waals surface area contributed by atoms with Gasteiger partial charge in [-0.3, -0.25) is 0 Å². The van der Waals surface area contributed by atoms with Crippen LogP contribution in [0.2, 0.25) is 0 Å². The molecule has 104 valence electrons. The Hall–Kier alpha value is -0.680. The van der Waals surface area contributed by atoms with Crippen molar-refractivity contribution >= 4 is 21.7 Å². The Balaban J connectivity index is 1.83. The number of hydrogen-bond donors (Lipinski definition) is 1. The lowest BCUT2D eigenvalue weighted by atomic mass is 9.98. The molecule has 4 nitrogen and oxygen atoms in total. The molecular weight excluding hydrogens is 304 g/mol. The standard InChI is InChI=1S/C14H21BrN4/c1-2-5-19(14-13(15)8-16-9-17-14)12-6-10-3-4-11(7-12)18-10/h8-12,18H,2-7H2,1H3. The van der Waals surface area contributed by atoms with Gasteiger partial charge in [0, 0.05) is 30.9 Å². The van der Waals surface area contributed by atoms with Crippen molar-refractivity contribution in [3.63, 3.8) is 0 Å². The molecule has 19 heavy (non-hydrogen) atoms. The van der Waals surface area contributed by atoms with Crippen molar-refractivity contribution in [3.05, 3.63) is 17.0 Å². The van der Waals surface area contributed by atoms with Gasteiger partial charge in [-0.1, -0.05) is 6.92 Å². The van der Waals surface area contributed by atoms with Crippen molar-refractivity contribution in [1.82, 2.24) is 15.3 Å². The Morgan fingerprint density at radius 1 is 1.37 bits per heavy atom. The Morgan fingerprint density at radius 2 is 2.11 bits per heavy atom. The minimum atomic E-state index is 0.616. The molecule has 0 aliphatic carbocycles. The van der Waals surface area contributed by atoms with Crippen molar-refractivity contribution < 1.29 is 0 Å². The Bertz CT molecular complexity index is 427. The smallest absolute Gasteiger partial charge is 0.146 e. The second-order valence-corrected chi connectivity index (χ2v) is 6.51. The minimum absolute atomic E-state index is 0.616. The van der Waals surface area contributed by atoms with Crippen LogP contribution in [-0.4, -0.2) is 34.6 Å². The summed E-state index contributed by atoms with van der Waals surface area (Å²) in [4.78, 5) is 11.1. The largest absolute Gasteiger partial charge is 0.352 e. The Labute approximate surface area is 123 Å². The van der Waals surface area contributed by atoms with E-state index in [4.69, 9.17) is 0 Å². The van der Waals surface area contributed by atoms with E-state index < -0.39 is 0 Å². The number of fused-ring (bicyclic) bond motifs is 2. The molecule has 2 fully saturated rings. The van der Waals surface area contributed by atoms with Crippen molar-refractivity contribution in [2.75, 3.05) is 11.4 Å². The molecule has 2 aliphatic rings. The van der Waals surface area contributed by atoms with Gasteiger partial charge in [-0.2, -0.15) is 0 Å². The number of rotatable bonds is 4. The first kappa shape index (κ1) is 13.3. The quantitative estimate of drug-likeness (QED) is 0.924.